The fraction of sp³-hybridized carbons (Fsp3) is 0.292. The van der Waals surface area contributed by atoms with Crippen LogP contribution in [0.25, 0.3) is 11.3 Å². The summed E-state index contributed by atoms with van der Waals surface area (Å²) in [5.41, 5.74) is 4.54. The quantitative estimate of drug-likeness (QED) is 0.530. The molecular weight excluding hydrogens is 392 g/mol. The summed E-state index contributed by atoms with van der Waals surface area (Å²) in [5, 5.41) is 20.6. The van der Waals surface area contributed by atoms with Gasteiger partial charge in [0.25, 0.3) is 0 Å². The second-order valence-corrected chi connectivity index (χ2v) is 8.05. The Balaban J connectivity index is 1.62. The molecule has 1 fully saturated rings. The first-order valence-corrected chi connectivity index (χ1v) is 10.5. The highest BCUT2D eigenvalue weighted by molar-refractivity contribution is 5.90. The molecule has 3 aromatic rings. The van der Waals surface area contributed by atoms with Crippen LogP contribution < -0.4 is 10.6 Å². The molecule has 160 valence electrons. The van der Waals surface area contributed by atoms with E-state index in [1.165, 1.54) is 23.2 Å². The number of nitrogens with one attached hydrogen (secondary N) is 2. The first kappa shape index (κ1) is 20.7. The molecule has 0 spiro atoms. The van der Waals surface area contributed by atoms with Gasteiger partial charge in [0, 0.05) is 30.6 Å². The number of aromatic nitrogens is 2. The van der Waals surface area contributed by atoms with Crippen LogP contribution in [0.5, 0.6) is 5.75 Å². The van der Waals surface area contributed by atoms with Gasteiger partial charge in [0.2, 0.25) is 5.91 Å². The minimum absolute atomic E-state index is 0.0407. The third-order valence-electron chi connectivity index (χ3n) is 5.61. The summed E-state index contributed by atoms with van der Waals surface area (Å²) < 4.78 is 1.41. The maximum Gasteiger partial charge on any atom is 0.342 e. The van der Waals surface area contributed by atoms with Gasteiger partial charge in [-0.2, -0.15) is 9.78 Å². The zero-order chi connectivity index (χ0) is 22.0. The van der Waals surface area contributed by atoms with Crippen molar-refractivity contribution < 1.29 is 14.7 Å². The van der Waals surface area contributed by atoms with Crippen molar-refractivity contribution in [3.63, 3.8) is 0 Å². The van der Waals surface area contributed by atoms with Crippen LogP contribution in [0, 0.1) is 6.92 Å². The summed E-state index contributed by atoms with van der Waals surface area (Å²) >= 11 is 0. The number of anilines is 1. The Labute approximate surface area is 181 Å². The number of rotatable bonds is 5. The number of phenolic OH excluding ortho intramolecular Hbond substituents is 1. The highest BCUT2D eigenvalue weighted by Crippen LogP contribution is 2.39. The summed E-state index contributed by atoms with van der Waals surface area (Å²) in [7, 11) is 0. The maximum atomic E-state index is 13.0. The van der Waals surface area contributed by atoms with Crippen LogP contribution in [0.1, 0.15) is 48.9 Å². The van der Waals surface area contributed by atoms with E-state index in [0.717, 1.165) is 30.5 Å². The van der Waals surface area contributed by atoms with Crippen molar-refractivity contribution in [2.75, 3.05) is 5.32 Å². The van der Waals surface area contributed by atoms with Crippen LogP contribution in [-0.2, 0) is 11.3 Å². The lowest BCUT2D eigenvalue weighted by Gasteiger charge is -2.25. The normalized spacial score (nSPS) is 13.5. The lowest BCUT2D eigenvalue weighted by Crippen LogP contribution is -2.31. The Morgan fingerprint density at radius 3 is 2.52 bits per heavy atom. The summed E-state index contributed by atoms with van der Waals surface area (Å²) in [6.45, 7) is 3.85. The highest BCUT2D eigenvalue weighted by Gasteiger charge is 2.27. The molecule has 2 aromatic carbocycles. The Bertz CT molecular complexity index is 1110. The molecule has 0 bridgehead atoms. The van der Waals surface area contributed by atoms with Crippen LogP contribution in [0.3, 0.4) is 0 Å². The molecular formula is C24H26N4O3. The van der Waals surface area contributed by atoms with E-state index in [1.54, 1.807) is 12.1 Å². The van der Waals surface area contributed by atoms with Crippen LogP contribution in [0.15, 0.2) is 48.5 Å². The van der Waals surface area contributed by atoms with Gasteiger partial charge in [0.05, 0.1) is 11.4 Å². The highest BCUT2D eigenvalue weighted by atomic mass is 16.3. The predicted octanol–water partition coefficient (Wildman–Crippen LogP) is 4.55. The van der Waals surface area contributed by atoms with E-state index in [9.17, 15) is 14.7 Å². The number of phenols is 1. The van der Waals surface area contributed by atoms with Gasteiger partial charge in [-0.05, 0) is 49.6 Å². The minimum Gasteiger partial charge on any atom is -0.507 e. The first-order valence-electron chi connectivity index (χ1n) is 10.5. The Morgan fingerprint density at radius 1 is 1.13 bits per heavy atom. The molecule has 1 saturated carbocycles. The lowest BCUT2D eigenvalue weighted by molar-refractivity contribution is -0.114. The molecule has 1 aromatic heterocycles. The molecule has 0 unspecified atom stereocenters. The zero-order valence-corrected chi connectivity index (χ0v) is 17.7. The molecule has 0 radical (unpaired) electrons. The van der Waals surface area contributed by atoms with Gasteiger partial charge in [0.1, 0.15) is 5.75 Å². The number of nitrogens with zero attached hydrogens (tertiary/aromatic N) is 2. The molecule has 7 nitrogen and oxygen atoms in total. The molecule has 1 heterocycles. The van der Waals surface area contributed by atoms with E-state index < -0.39 is 0 Å². The van der Waals surface area contributed by atoms with Crippen LogP contribution in [-0.4, -0.2) is 26.8 Å². The van der Waals surface area contributed by atoms with Crippen molar-refractivity contribution in [2.45, 2.75) is 45.6 Å². The SMILES string of the molecule is CC(=O)Nc1ccc(O)c(-c2cc(C3CCC3)n(C(=O)NCc3ccc(C)cc3)n2)c1. The standard InChI is InChI=1S/C24H26N4O3/c1-15-6-8-17(9-7-15)14-25-24(31)28-22(18-4-3-5-18)13-21(27-28)20-12-19(26-16(2)29)10-11-23(20)30/h6-13,18,30H,3-5,14H2,1-2H3,(H,25,31)(H,26,29). The van der Waals surface area contributed by atoms with E-state index in [1.807, 2.05) is 37.3 Å². The molecule has 31 heavy (non-hydrogen) atoms. The third-order valence-corrected chi connectivity index (χ3v) is 5.61. The van der Waals surface area contributed by atoms with E-state index in [4.69, 9.17) is 0 Å². The second-order valence-electron chi connectivity index (χ2n) is 8.05. The van der Waals surface area contributed by atoms with Gasteiger partial charge >= 0.3 is 6.03 Å². The van der Waals surface area contributed by atoms with Gasteiger partial charge < -0.3 is 15.7 Å². The number of amides is 2. The van der Waals surface area contributed by atoms with Crippen molar-refractivity contribution >= 4 is 17.6 Å². The van der Waals surface area contributed by atoms with Crippen LogP contribution in [0.2, 0.25) is 0 Å². The molecule has 0 atom stereocenters. The number of hydrogen-bond donors (Lipinski definition) is 3. The molecule has 7 heteroatoms. The van der Waals surface area contributed by atoms with Crippen LogP contribution in [0.4, 0.5) is 10.5 Å². The number of carbonyl (C=O) groups excluding carboxylic acids is 2. The zero-order valence-electron chi connectivity index (χ0n) is 17.7. The number of aryl methyl sites for hydroxylation is 1. The summed E-state index contributed by atoms with van der Waals surface area (Å²) in [6.07, 6.45) is 3.14. The van der Waals surface area contributed by atoms with Crippen molar-refractivity contribution in [3.8, 4) is 17.0 Å². The van der Waals surface area contributed by atoms with E-state index >= 15 is 0 Å². The first-order chi connectivity index (χ1) is 14.9. The van der Waals surface area contributed by atoms with E-state index in [-0.39, 0.29) is 23.6 Å². The number of aromatic hydroxyl groups is 1. The second kappa shape index (κ2) is 8.63. The van der Waals surface area contributed by atoms with Gasteiger partial charge in [-0.15, -0.1) is 0 Å². The van der Waals surface area contributed by atoms with Gasteiger partial charge in [-0.3, -0.25) is 4.79 Å². The van der Waals surface area contributed by atoms with Gasteiger partial charge in [-0.25, -0.2) is 4.79 Å². The Morgan fingerprint density at radius 2 is 1.87 bits per heavy atom. The minimum atomic E-state index is -0.300. The average molecular weight is 418 g/mol. The lowest BCUT2D eigenvalue weighted by atomic mass is 9.82. The Hall–Kier alpha value is -3.61. The van der Waals surface area contributed by atoms with Gasteiger partial charge in [-0.1, -0.05) is 36.2 Å². The predicted molar refractivity (Wildman–Crippen MR) is 119 cm³/mol. The third kappa shape index (κ3) is 4.60. The molecule has 0 saturated heterocycles. The topological polar surface area (TPSA) is 96.2 Å². The maximum absolute atomic E-state index is 13.0. The van der Waals surface area contributed by atoms with E-state index in [0.29, 0.717) is 23.5 Å². The van der Waals surface area contributed by atoms with Crippen molar-refractivity contribution in [3.05, 3.63) is 65.4 Å². The van der Waals surface area contributed by atoms with Crippen molar-refractivity contribution in [2.24, 2.45) is 0 Å². The molecule has 1 aliphatic rings. The number of hydrogen-bond acceptors (Lipinski definition) is 4. The summed E-state index contributed by atoms with van der Waals surface area (Å²) in [5.74, 6) is 0.110. The summed E-state index contributed by atoms with van der Waals surface area (Å²) in [6, 6.07) is 14.4. The average Bonchev–Trinajstić information content (AvgIpc) is 3.11. The monoisotopic (exact) mass is 418 g/mol. The fourth-order valence-electron chi connectivity index (χ4n) is 3.67. The Kier molecular flexibility index (Phi) is 5.75. The number of benzene rings is 2. The largest absolute Gasteiger partial charge is 0.507 e. The number of carbonyl (C=O) groups is 2. The van der Waals surface area contributed by atoms with Crippen LogP contribution >= 0.6 is 0 Å². The molecule has 1 aliphatic carbocycles. The molecule has 4 rings (SSSR count). The molecule has 0 aliphatic heterocycles. The van der Waals surface area contributed by atoms with Crippen molar-refractivity contribution in [1.29, 1.82) is 0 Å². The molecule has 3 N–H and O–H groups in total. The van der Waals surface area contributed by atoms with Crippen molar-refractivity contribution in [1.82, 2.24) is 15.1 Å². The smallest absolute Gasteiger partial charge is 0.342 e. The van der Waals surface area contributed by atoms with Gasteiger partial charge in [0.15, 0.2) is 0 Å². The fourth-order valence-corrected chi connectivity index (χ4v) is 3.67. The molecule has 2 amide bonds. The van der Waals surface area contributed by atoms with E-state index in [2.05, 4.69) is 15.7 Å². The summed E-state index contributed by atoms with van der Waals surface area (Å²) in [4.78, 5) is 24.4.